The van der Waals surface area contributed by atoms with Crippen LogP contribution >= 0.6 is 0 Å². The molecule has 1 amide bonds. The molecule has 4 heterocycles. The van der Waals surface area contributed by atoms with Crippen molar-refractivity contribution in [1.29, 1.82) is 0 Å². The number of hydrogen-bond acceptors (Lipinski definition) is 8. The SMILES string of the molecule is COc1ccc(OC2CCN(c3nnc(C(=O)NCc4ccn(C)n4)cc3C)CC2)cn1. The monoisotopic (exact) mass is 437 g/mol. The number of carbonyl (C=O) groups excluding carboxylic acids is 1. The first kappa shape index (κ1) is 21.5. The lowest BCUT2D eigenvalue weighted by Gasteiger charge is -2.33. The van der Waals surface area contributed by atoms with E-state index >= 15 is 0 Å². The zero-order chi connectivity index (χ0) is 22.5. The first-order valence-corrected chi connectivity index (χ1v) is 10.5. The number of aromatic nitrogens is 5. The van der Waals surface area contributed by atoms with E-state index in [1.54, 1.807) is 30.1 Å². The van der Waals surface area contributed by atoms with Crippen molar-refractivity contribution in [3.8, 4) is 11.6 Å². The van der Waals surface area contributed by atoms with E-state index < -0.39 is 0 Å². The zero-order valence-electron chi connectivity index (χ0n) is 18.5. The molecule has 1 aliphatic heterocycles. The number of nitrogens with one attached hydrogen (secondary N) is 1. The zero-order valence-corrected chi connectivity index (χ0v) is 18.5. The highest BCUT2D eigenvalue weighted by molar-refractivity contribution is 5.92. The van der Waals surface area contributed by atoms with Gasteiger partial charge in [-0.1, -0.05) is 0 Å². The predicted molar refractivity (Wildman–Crippen MR) is 118 cm³/mol. The molecule has 3 aromatic heterocycles. The summed E-state index contributed by atoms with van der Waals surface area (Å²) in [6, 6.07) is 7.30. The van der Waals surface area contributed by atoms with Crippen molar-refractivity contribution in [1.82, 2.24) is 30.3 Å². The predicted octanol–water partition coefficient (Wildman–Crippen LogP) is 1.90. The number of aryl methyl sites for hydroxylation is 2. The Hall–Kier alpha value is -3.69. The van der Waals surface area contributed by atoms with E-state index in [9.17, 15) is 4.79 Å². The molecule has 1 aliphatic rings. The fourth-order valence-electron chi connectivity index (χ4n) is 3.66. The summed E-state index contributed by atoms with van der Waals surface area (Å²) in [5, 5.41) is 15.6. The second-order valence-corrected chi connectivity index (χ2v) is 7.74. The normalized spacial score (nSPS) is 14.3. The summed E-state index contributed by atoms with van der Waals surface area (Å²) < 4.78 is 12.8. The maximum Gasteiger partial charge on any atom is 0.272 e. The van der Waals surface area contributed by atoms with Crippen LogP contribution in [0.2, 0.25) is 0 Å². The van der Waals surface area contributed by atoms with E-state index in [-0.39, 0.29) is 12.0 Å². The highest BCUT2D eigenvalue weighted by atomic mass is 16.5. The molecule has 1 N–H and O–H groups in total. The number of nitrogens with zero attached hydrogens (tertiary/aromatic N) is 6. The number of carbonyl (C=O) groups is 1. The molecule has 10 heteroatoms. The molecule has 0 unspecified atom stereocenters. The minimum Gasteiger partial charge on any atom is -0.489 e. The second kappa shape index (κ2) is 9.63. The van der Waals surface area contributed by atoms with Crippen molar-refractivity contribution in [2.24, 2.45) is 7.05 Å². The topological polar surface area (TPSA) is 107 Å². The van der Waals surface area contributed by atoms with Crippen molar-refractivity contribution in [3.63, 3.8) is 0 Å². The average Bonchev–Trinajstić information content (AvgIpc) is 3.23. The van der Waals surface area contributed by atoms with E-state index in [0.717, 1.165) is 48.8 Å². The molecule has 168 valence electrons. The van der Waals surface area contributed by atoms with Gasteiger partial charge in [-0.05, 0) is 30.7 Å². The summed E-state index contributed by atoms with van der Waals surface area (Å²) in [6.45, 7) is 3.90. The molecule has 32 heavy (non-hydrogen) atoms. The molecule has 4 rings (SSSR count). The van der Waals surface area contributed by atoms with Crippen molar-refractivity contribution in [3.05, 3.63) is 53.6 Å². The largest absolute Gasteiger partial charge is 0.489 e. The van der Waals surface area contributed by atoms with Crippen LogP contribution < -0.4 is 19.7 Å². The van der Waals surface area contributed by atoms with Gasteiger partial charge in [0.1, 0.15) is 11.9 Å². The Kier molecular flexibility index (Phi) is 6.48. The van der Waals surface area contributed by atoms with Crippen molar-refractivity contribution >= 4 is 11.7 Å². The highest BCUT2D eigenvalue weighted by Crippen LogP contribution is 2.24. The molecule has 1 fully saturated rings. The van der Waals surface area contributed by atoms with Gasteiger partial charge in [-0.3, -0.25) is 9.48 Å². The van der Waals surface area contributed by atoms with Crippen LogP contribution in [0.25, 0.3) is 0 Å². The average molecular weight is 438 g/mol. The Bertz CT molecular complexity index is 1060. The summed E-state index contributed by atoms with van der Waals surface area (Å²) in [4.78, 5) is 18.8. The smallest absolute Gasteiger partial charge is 0.272 e. The molecule has 1 saturated heterocycles. The lowest BCUT2D eigenvalue weighted by molar-refractivity contribution is 0.0944. The lowest BCUT2D eigenvalue weighted by Crippen LogP contribution is -2.39. The Morgan fingerprint density at radius 3 is 2.66 bits per heavy atom. The minimum atomic E-state index is -0.266. The molecule has 0 radical (unpaired) electrons. The fraction of sp³-hybridized carbons (Fsp3) is 0.409. The summed E-state index contributed by atoms with van der Waals surface area (Å²) in [5.74, 6) is 1.84. The Balaban J connectivity index is 1.30. The van der Waals surface area contributed by atoms with Gasteiger partial charge in [-0.15, -0.1) is 10.2 Å². The third-order valence-electron chi connectivity index (χ3n) is 5.35. The number of methoxy groups -OCH3 is 1. The van der Waals surface area contributed by atoms with Crippen LogP contribution in [0.1, 0.15) is 34.6 Å². The maximum absolute atomic E-state index is 12.4. The molecule has 10 nitrogen and oxygen atoms in total. The number of rotatable bonds is 7. The quantitative estimate of drug-likeness (QED) is 0.597. The first-order chi connectivity index (χ1) is 15.5. The van der Waals surface area contributed by atoms with E-state index in [0.29, 0.717) is 18.1 Å². The standard InChI is InChI=1S/C22H27N7O3/c1-15-12-19(22(30)24-13-16-6-9-28(2)27-16)25-26-21(15)29-10-7-17(8-11-29)32-18-4-5-20(31-3)23-14-18/h4-6,9,12,14,17H,7-8,10-11,13H2,1-3H3,(H,24,30). The summed E-state index contributed by atoms with van der Waals surface area (Å²) in [6.07, 6.45) is 5.35. The van der Waals surface area contributed by atoms with Crippen LogP contribution in [-0.2, 0) is 13.6 Å². The molecule has 0 saturated carbocycles. The van der Waals surface area contributed by atoms with Gasteiger partial charge in [0.05, 0.1) is 25.5 Å². The number of pyridine rings is 1. The van der Waals surface area contributed by atoms with Gasteiger partial charge in [0.2, 0.25) is 5.88 Å². The van der Waals surface area contributed by atoms with Crippen LogP contribution in [-0.4, -0.2) is 57.2 Å². The number of hydrogen-bond donors (Lipinski definition) is 1. The number of amides is 1. The Morgan fingerprint density at radius 2 is 2.03 bits per heavy atom. The Labute approximate surface area is 186 Å². The van der Waals surface area contributed by atoms with Gasteiger partial charge < -0.3 is 19.7 Å². The van der Waals surface area contributed by atoms with Gasteiger partial charge in [0.15, 0.2) is 11.5 Å². The summed E-state index contributed by atoms with van der Waals surface area (Å²) in [7, 11) is 3.43. The van der Waals surface area contributed by atoms with E-state index in [1.807, 2.05) is 32.3 Å². The second-order valence-electron chi connectivity index (χ2n) is 7.74. The summed E-state index contributed by atoms with van der Waals surface area (Å²) in [5.41, 5.74) is 2.01. The molecule has 0 bridgehead atoms. The number of ether oxygens (including phenoxy) is 2. The van der Waals surface area contributed by atoms with E-state index in [1.165, 1.54) is 0 Å². The fourth-order valence-corrected chi connectivity index (χ4v) is 3.66. The summed E-state index contributed by atoms with van der Waals surface area (Å²) >= 11 is 0. The third-order valence-corrected chi connectivity index (χ3v) is 5.35. The van der Waals surface area contributed by atoms with Crippen LogP contribution in [0, 0.1) is 6.92 Å². The van der Waals surface area contributed by atoms with E-state index in [2.05, 4.69) is 30.5 Å². The van der Waals surface area contributed by atoms with Crippen LogP contribution in [0.3, 0.4) is 0 Å². The Morgan fingerprint density at radius 1 is 1.22 bits per heavy atom. The van der Waals surface area contributed by atoms with Crippen molar-refractivity contribution in [2.45, 2.75) is 32.4 Å². The van der Waals surface area contributed by atoms with E-state index in [4.69, 9.17) is 9.47 Å². The molecule has 0 aromatic carbocycles. The molecule has 0 atom stereocenters. The minimum absolute atomic E-state index is 0.117. The van der Waals surface area contributed by atoms with Gasteiger partial charge in [-0.2, -0.15) is 5.10 Å². The van der Waals surface area contributed by atoms with Gasteiger partial charge >= 0.3 is 0 Å². The van der Waals surface area contributed by atoms with Crippen molar-refractivity contribution in [2.75, 3.05) is 25.1 Å². The molecular weight excluding hydrogens is 410 g/mol. The van der Waals surface area contributed by atoms with Gasteiger partial charge in [-0.25, -0.2) is 4.98 Å². The molecular formula is C22H27N7O3. The van der Waals surface area contributed by atoms with Crippen LogP contribution in [0.4, 0.5) is 5.82 Å². The molecule has 3 aromatic rings. The maximum atomic E-state index is 12.4. The molecule has 0 aliphatic carbocycles. The van der Waals surface area contributed by atoms with Crippen LogP contribution in [0.15, 0.2) is 36.7 Å². The van der Waals surface area contributed by atoms with Gasteiger partial charge in [0.25, 0.3) is 5.91 Å². The van der Waals surface area contributed by atoms with Gasteiger partial charge in [0, 0.05) is 45.2 Å². The van der Waals surface area contributed by atoms with Crippen LogP contribution in [0.5, 0.6) is 11.6 Å². The first-order valence-electron chi connectivity index (χ1n) is 10.5. The third kappa shape index (κ3) is 5.13. The highest BCUT2D eigenvalue weighted by Gasteiger charge is 2.23. The molecule has 0 spiro atoms. The lowest BCUT2D eigenvalue weighted by atomic mass is 10.1. The number of anilines is 1. The number of piperidine rings is 1. The van der Waals surface area contributed by atoms with Crippen molar-refractivity contribution < 1.29 is 14.3 Å².